The number of aromatic nitrogens is 4. The van der Waals surface area contributed by atoms with E-state index in [0.717, 1.165) is 38.7 Å². The molecule has 0 aliphatic carbocycles. The molecule has 4 heterocycles. The first-order chi connectivity index (χ1) is 13.7. The predicted octanol–water partition coefficient (Wildman–Crippen LogP) is 4.85. The number of benzene rings is 1. The molecule has 0 aliphatic rings. The van der Waals surface area contributed by atoms with Gasteiger partial charge in [0.15, 0.2) is 0 Å². The number of halogens is 1. The molecule has 0 radical (unpaired) electrons. The van der Waals surface area contributed by atoms with Crippen LogP contribution in [0.3, 0.4) is 0 Å². The largest absolute Gasteiger partial charge is 0.307 e. The van der Waals surface area contributed by atoms with Crippen LogP contribution in [0.5, 0.6) is 0 Å². The summed E-state index contributed by atoms with van der Waals surface area (Å²) in [5, 5.41) is 2.36. The van der Waals surface area contributed by atoms with Crippen LogP contribution in [0.1, 0.15) is 0 Å². The van der Waals surface area contributed by atoms with Gasteiger partial charge in [0.25, 0.3) is 0 Å². The van der Waals surface area contributed by atoms with Crippen molar-refractivity contribution in [2.75, 3.05) is 0 Å². The highest BCUT2D eigenvalue weighted by molar-refractivity contribution is 6.35. The van der Waals surface area contributed by atoms with Crippen molar-refractivity contribution in [2.24, 2.45) is 0 Å². The van der Waals surface area contributed by atoms with Crippen molar-refractivity contribution in [3.05, 3.63) is 88.6 Å². The topological polar surface area (TPSA) is 71.5 Å². The number of H-pyrrole nitrogens is 1. The summed E-state index contributed by atoms with van der Waals surface area (Å²) in [6.45, 7) is 0. The Kier molecular flexibility index (Phi) is 3.88. The molecule has 5 aromatic rings. The maximum Gasteiger partial charge on any atom is 0.249 e. The molecule has 0 spiro atoms. The Bertz CT molecular complexity index is 1400. The first kappa shape index (κ1) is 16.6. The molecular weight excluding hydrogens is 372 g/mol. The van der Waals surface area contributed by atoms with Crippen LogP contribution < -0.4 is 5.56 Å². The van der Waals surface area contributed by atoms with Crippen LogP contribution in [0, 0.1) is 0 Å². The van der Waals surface area contributed by atoms with Gasteiger partial charge in [-0.15, -0.1) is 0 Å². The molecule has 5 nitrogen and oxygen atoms in total. The zero-order valence-electron chi connectivity index (χ0n) is 14.6. The number of fused-ring (bicyclic) bond motifs is 2. The van der Waals surface area contributed by atoms with Crippen LogP contribution in [0.25, 0.3) is 44.3 Å². The number of nitrogens with zero attached hydrogens (tertiary/aromatic N) is 3. The number of aromatic amines is 1. The fourth-order valence-electron chi connectivity index (χ4n) is 3.33. The first-order valence-electron chi connectivity index (χ1n) is 8.68. The molecule has 1 aromatic carbocycles. The second-order valence-electron chi connectivity index (χ2n) is 6.42. The highest BCUT2D eigenvalue weighted by Gasteiger charge is 2.14. The maximum atomic E-state index is 11.7. The van der Waals surface area contributed by atoms with Gasteiger partial charge in [0.05, 0.1) is 16.2 Å². The molecule has 6 heteroatoms. The fourth-order valence-corrected chi connectivity index (χ4v) is 3.60. The van der Waals surface area contributed by atoms with Gasteiger partial charge in [-0.05, 0) is 48.0 Å². The van der Waals surface area contributed by atoms with E-state index in [9.17, 15) is 4.79 Å². The number of hydrogen-bond acceptors (Lipinski definition) is 4. The van der Waals surface area contributed by atoms with Gasteiger partial charge in [0.1, 0.15) is 5.65 Å². The smallest absolute Gasteiger partial charge is 0.249 e. The van der Waals surface area contributed by atoms with E-state index in [1.165, 1.54) is 6.07 Å². The quantitative estimate of drug-likeness (QED) is 0.472. The van der Waals surface area contributed by atoms with E-state index >= 15 is 0 Å². The van der Waals surface area contributed by atoms with E-state index in [1.807, 2.05) is 42.5 Å². The summed E-state index contributed by atoms with van der Waals surface area (Å²) >= 11 is 6.51. The van der Waals surface area contributed by atoms with E-state index in [0.29, 0.717) is 10.7 Å². The SMILES string of the molecule is O=c1ccc2cc(-c3cc(Cl)c4ncccc4c3)c(-c3cccnc3)nc2[nH]1. The van der Waals surface area contributed by atoms with Gasteiger partial charge < -0.3 is 4.98 Å². The molecule has 0 aliphatic heterocycles. The van der Waals surface area contributed by atoms with E-state index < -0.39 is 0 Å². The molecule has 0 fully saturated rings. The van der Waals surface area contributed by atoms with Crippen LogP contribution in [-0.4, -0.2) is 19.9 Å². The molecule has 28 heavy (non-hydrogen) atoms. The number of rotatable bonds is 2. The van der Waals surface area contributed by atoms with E-state index in [-0.39, 0.29) is 5.56 Å². The highest BCUT2D eigenvalue weighted by atomic mass is 35.5. The fraction of sp³-hybridized carbons (Fsp3) is 0. The average molecular weight is 385 g/mol. The van der Waals surface area contributed by atoms with E-state index in [1.54, 1.807) is 24.7 Å². The molecule has 134 valence electrons. The van der Waals surface area contributed by atoms with Crippen molar-refractivity contribution in [1.82, 2.24) is 19.9 Å². The monoisotopic (exact) mass is 384 g/mol. The van der Waals surface area contributed by atoms with Crippen LogP contribution >= 0.6 is 11.6 Å². The average Bonchev–Trinajstić information content (AvgIpc) is 2.73. The third-order valence-corrected chi connectivity index (χ3v) is 4.90. The highest BCUT2D eigenvalue weighted by Crippen LogP contribution is 2.36. The van der Waals surface area contributed by atoms with E-state index in [2.05, 4.69) is 15.0 Å². The predicted molar refractivity (Wildman–Crippen MR) is 111 cm³/mol. The van der Waals surface area contributed by atoms with Crippen molar-refractivity contribution < 1.29 is 0 Å². The van der Waals surface area contributed by atoms with Crippen LogP contribution in [0.15, 0.2) is 78.0 Å². The second-order valence-corrected chi connectivity index (χ2v) is 6.83. The molecule has 0 saturated heterocycles. The minimum atomic E-state index is -0.190. The Morgan fingerprint density at radius 2 is 1.79 bits per heavy atom. The van der Waals surface area contributed by atoms with Gasteiger partial charge in [0, 0.05) is 46.6 Å². The van der Waals surface area contributed by atoms with Crippen molar-refractivity contribution >= 4 is 33.5 Å². The Labute approximate surface area is 164 Å². The third-order valence-electron chi connectivity index (χ3n) is 4.61. The molecule has 0 bridgehead atoms. The minimum absolute atomic E-state index is 0.190. The maximum absolute atomic E-state index is 11.7. The zero-order chi connectivity index (χ0) is 19.1. The molecule has 4 aromatic heterocycles. The lowest BCUT2D eigenvalue weighted by molar-refractivity contribution is 1.23. The molecule has 0 amide bonds. The molecule has 0 saturated carbocycles. The van der Waals surface area contributed by atoms with Crippen molar-refractivity contribution in [1.29, 1.82) is 0 Å². The summed E-state index contributed by atoms with van der Waals surface area (Å²) in [5.74, 6) is 0. The van der Waals surface area contributed by atoms with Crippen molar-refractivity contribution in [3.63, 3.8) is 0 Å². The van der Waals surface area contributed by atoms with Gasteiger partial charge in [0.2, 0.25) is 5.56 Å². The molecule has 0 atom stereocenters. The summed E-state index contributed by atoms with van der Waals surface area (Å²) in [7, 11) is 0. The van der Waals surface area contributed by atoms with Crippen LogP contribution in [-0.2, 0) is 0 Å². The minimum Gasteiger partial charge on any atom is -0.307 e. The Balaban J connectivity index is 1.85. The Morgan fingerprint density at radius 1 is 0.893 bits per heavy atom. The van der Waals surface area contributed by atoms with Gasteiger partial charge in [-0.3, -0.25) is 14.8 Å². The number of hydrogen-bond donors (Lipinski definition) is 1. The van der Waals surface area contributed by atoms with Crippen LogP contribution in [0.4, 0.5) is 0 Å². The summed E-state index contributed by atoms with van der Waals surface area (Å²) in [6.07, 6.45) is 5.19. The standard InChI is InChI=1S/C22H13ClN4O/c23-18-11-16(9-13-3-2-8-25-21(13)18)17-10-14-5-6-19(28)26-22(14)27-20(17)15-4-1-7-24-12-15/h1-12H,(H,26,27,28). The second kappa shape index (κ2) is 6.55. The zero-order valence-corrected chi connectivity index (χ0v) is 15.3. The summed E-state index contributed by atoms with van der Waals surface area (Å²) in [4.78, 5) is 27.9. The first-order valence-corrected chi connectivity index (χ1v) is 9.06. The Morgan fingerprint density at radius 3 is 2.64 bits per heavy atom. The van der Waals surface area contributed by atoms with Crippen molar-refractivity contribution in [2.45, 2.75) is 0 Å². The molecule has 0 unspecified atom stereocenters. The van der Waals surface area contributed by atoms with Crippen LogP contribution in [0.2, 0.25) is 5.02 Å². The molecule has 1 N–H and O–H groups in total. The summed E-state index contributed by atoms with van der Waals surface area (Å²) in [6, 6.07) is 16.9. The Hall–Kier alpha value is -3.57. The lowest BCUT2D eigenvalue weighted by atomic mass is 9.97. The lowest BCUT2D eigenvalue weighted by Crippen LogP contribution is -2.04. The summed E-state index contributed by atoms with van der Waals surface area (Å²) < 4.78 is 0. The molecular formula is C22H13ClN4O. The van der Waals surface area contributed by atoms with Crippen molar-refractivity contribution in [3.8, 4) is 22.4 Å². The van der Waals surface area contributed by atoms with E-state index in [4.69, 9.17) is 16.6 Å². The number of nitrogens with one attached hydrogen (secondary N) is 1. The van der Waals surface area contributed by atoms with Gasteiger partial charge in [-0.1, -0.05) is 17.7 Å². The molecule has 5 rings (SSSR count). The van der Waals surface area contributed by atoms with Gasteiger partial charge in [-0.2, -0.15) is 0 Å². The summed E-state index contributed by atoms with van der Waals surface area (Å²) in [5.41, 5.74) is 4.50. The number of pyridine rings is 4. The van der Waals surface area contributed by atoms with Gasteiger partial charge in [-0.25, -0.2) is 4.98 Å². The third kappa shape index (κ3) is 2.82. The van der Waals surface area contributed by atoms with Gasteiger partial charge >= 0.3 is 0 Å². The normalized spacial score (nSPS) is 11.2. The lowest BCUT2D eigenvalue weighted by Gasteiger charge is -2.12.